The fourth-order valence-electron chi connectivity index (χ4n) is 3.21. The maximum Gasteiger partial charge on any atom is 0.262 e. The van der Waals surface area contributed by atoms with E-state index in [0.29, 0.717) is 22.5 Å². The van der Waals surface area contributed by atoms with E-state index in [1.54, 1.807) is 36.4 Å². The van der Waals surface area contributed by atoms with Crippen LogP contribution >= 0.6 is 0 Å². The van der Waals surface area contributed by atoms with E-state index in [4.69, 9.17) is 0 Å². The van der Waals surface area contributed by atoms with E-state index in [1.807, 2.05) is 43.3 Å². The molecule has 0 aliphatic carbocycles. The molecule has 0 atom stereocenters. The molecule has 0 spiro atoms. The lowest BCUT2D eigenvalue weighted by atomic mass is 10.1. The van der Waals surface area contributed by atoms with Crippen molar-refractivity contribution in [1.82, 2.24) is 4.90 Å². The van der Waals surface area contributed by atoms with Crippen molar-refractivity contribution in [3.63, 3.8) is 0 Å². The Kier molecular flexibility index (Phi) is 4.83. The molecule has 0 unspecified atom stereocenters. The Bertz CT molecular complexity index is 1070. The number of carbonyl (C=O) groups excluding carboxylic acids is 3. The van der Waals surface area contributed by atoms with Crippen molar-refractivity contribution in [3.05, 3.63) is 89.5 Å². The monoisotopic (exact) mass is 385 g/mol. The van der Waals surface area contributed by atoms with Gasteiger partial charge in [0.25, 0.3) is 11.8 Å². The third-order valence-electron chi connectivity index (χ3n) is 4.71. The molecular weight excluding hydrogens is 366 g/mol. The van der Waals surface area contributed by atoms with Crippen molar-refractivity contribution in [2.24, 2.45) is 0 Å². The maximum absolute atomic E-state index is 12.6. The number of carbonyl (C=O) groups is 3. The van der Waals surface area contributed by atoms with Crippen LogP contribution in [0.25, 0.3) is 0 Å². The zero-order chi connectivity index (χ0) is 20.4. The van der Waals surface area contributed by atoms with Gasteiger partial charge in [-0.2, -0.15) is 0 Å². The van der Waals surface area contributed by atoms with Crippen LogP contribution in [-0.4, -0.2) is 29.2 Å². The number of para-hydroxylation sites is 2. The molecule has 144 valence electrons. The molecule has 1 aliphatic heterocycles. The first-order chi connectivity index (χ1) is 14.0. The minimum Gasteiger partial charge on any atom is -0.354 e. The van der Waals surface area contributed by atoms with Gasteiger partial charge in [-0.25, -0.2) is 0 Å². The Morgan fingerprint density at radius 3 is 1.97 bits per heavy atom. The molecule has 0 saturated heterocycles. The molecule has 0 aromatic heterocycles. The van der Waals surface area contributed by atoms with Crippen molar-refractivity contribution in [2.45, 2.75) is 6.92 Å². The first-order valence-electron chi connectivity index (χ1n) is 9.21. The fraction of sp³-hybridized carbons (Fsp3) is 0.0870. The molecule has 3 amide bonds. The average Bonchev–Trinajstić information content (AvgIpc) is 2.96. The van der Waals surface area contributed by atoms with E-state index < -0.39 is 17.7 Å². The van der Waals surface area contributed by atoms with E-state index in [2.05, 4.69) is 10.6 Å². The van der Waals surface area contributed by atoms with Gasteiger partial charge in [0.05, 0.1) is 22.5 Å². The SMILES string of the molecule is Cc1ccc(Nc2ccccc2NC(=O)CN2C(=O)c3ccccc3C2=O)cc1. The molecule has 0 radical (unpaired) electrons. The zero-order valence-corrected chi connectivity index (χ0v) is 15.8. The van der Waals surface area contributed by atoms with Crippen molar-refractivity contribution >= 4 is 34.8 Å². The second kappa shape index (κ2) is 7.59. The molecule has 3 aromatic rings. The number of hydrogen-bond donors (Lipinski definition) is 2. The van der Waals surface area contributed by atoms with E-state index in [-0.39, 0.29) is 6.54 Å². The van der Waals surface area contributed by atoms with Crippen LogP contribution < -0.4 is 10.6 Å². The Morgan fingerprint density at radius 2 is 1.34 bits per heavy atom. The van der Waals surface area contributed by atoms with Gasteiger partial charge >= 0.3 is 0 Å². The number of benzene rings is 3. The van der Waals surface area contributed by atoms with Crippen LogP contribution in [0, 0.1) is 6.92 Å². The lowest BCUT2D eigenvalue weighted by molar-refractivity contribution is -0.116. The minimum absolute atomic E-state index is 0.326. The number of amides is 3. The fourth-order valence-corrected chi connectivity index (χ4v) is 3.21. The minimum atomic E-state index is -0.452. The molecule has 4 rings (SSSR count). The molecular formula is C23H19N3O3. The molecule has 2 N–H and O–H groups in total. The number of rotatable bonds is 5. The van der Waals surface area contributed by atoms with Gasteiger partial charge in [-0.15, -0.1) is 0 Å². The van der Waals surface area contributed by atoms with Crippen LogP contribution in [0.1, 0.15) is 26.3 Å². The van der Waals surface area contributed by atoms with Gasteiger partial charge < -0.3 is 10.6 Å². The molecule has 0 bridgehead atoms. The summed E-state index contributed by atoms with van der Waals surface area (Å²) >= 11 is 0. The summed E-state index contributed by atoms with van der Waals surface area (Å²) in [6.07, 6.45) is 0. The molecule has 1 aliphatic rings. The number of hydrogen-bond acceptors (Lipinski definition) is 4. The van der Waals surface area contributed by atoms with Crippen LogP contribution in [-0.2, 0) is 4.79 Å². The third kappa shape index (κ3) is 3.73. The van der Waals surface area contributed by atoms with Gasteiger partial charge in [-0.1, -0.05) is 42.0 Å². The standard InChI is InChI=1S/C23H19N3O3/c1-15-10-12-16(13-11-15)24-19-8-4-5-9-20(19)25-21(27)14-26-22(28)17-6-2-3-7-18(17)23(26)29/h2-13,24H,14H2,1H3,(H,25,27). The molecule has 0 saturated carbocycles. The van der Waals surface area contributed by atoms with E-state index in [0.717, 1.165) is 16.2 Å². The van der Waals surface area contributed by atoms with Crippen LogP contribution in [0.4, 0.5) is 17.1 Å². The lowest BCUT2D eigenvalue weighted by Crippen LogP contribution is -2.37. The number of aryl methyl sites for hydroxylation is 1. The Balaban J connectivity index is 1.48. The summed E-state index contributed by atoms with van der Waals surface area (Å²) in [4.78, 5) is 38.4. The topological polar surface area (TPSA) is 78.5 Å². The van der Waals surface area contributed by atoms with Crippen molar-refractivity contribution in [1.29, 1.82) is 0 Å². The van der Waals surface area contributed by atoms with Crippen molar-refractivity contribution in [3.8, 4) is 0 Å². The first-order valence-corrected chi connectivity index (χ1v) is 9.21. The normalized spacial score (nSPS) is 12.7. The van der Waals surface area contributed by atoms with Gasteiger partial charge in [0.15, 0.2) is 0 Å². The molecule has 3 aromatic carbocycles. The van der Waals surface area contributed by atoms with Crippen LogP contribution in [0.3, 0.4) is 0 Å². The molecule has 6 heteroatoms. The molecule has 29 heavy (non-hydrogen) atoms. The summed E-state index contributed by atoms with van der Waals surface area (Å²) < 4.78 is 0. The Morgan fingerprint density at radius 1 is 0.793 bits per heavy atom. The second-order valence-corrected chi connectivity index (χ2v) is 6.83. The molecule has 1 heterocycles. The number of imide groups is 1. The Hall–Kier alpha value is -3.93. The lowest BCUT2D eigenvalue weighted by Gasteiger charge is -2.16. The predicted molar refractivity (Wildman–Crippen MR) is 111 cm³/mol. The number of anilines is 3. The van der Waals surface area contributed by atoms with Gasteiger partial charge in [-0.05, 0) is 43.3 Å². The van der Waals surface area contributed by atoms with Gasteiger partial charge in [0, 0.05) is 5.69 Å². The van der Waals surface area contributed by atoms with Gasteiger partial charge in [-0.3, -0.25) is 19.3 Å². The summed E-state index contributed by atoms with van der Waals surface area (Å²) in [5.41, 5.74) is 3.97. The van der Waals surface area contributed by atoms with E-state index in [1.165, 1.54) is 0 Å². The molecule has 0 fully saturated rings. The summed E-state index contributed by atoms with van der Waals surface area (Å²) in [6.45, 7) is 1.67. The smallest absolute Gasteiger partial charge is 0.262 e. The first kappa shape index (κ1) is 18.4. The Labute approximate surface area is 168 Å². The van der Waals surface area contributed by atoms with E-state index >= 15 is 0 Å². The van der Waals surface area contributed by atoms with E-state index in [9.17, 15) is 14.4 Å². The summed E-state index contributed by atoms with van der Waals surface area (Å²) in [5.74, 6) is -1.35. The maximum atomic E-state index is 12.6. The summed E-state index contributed by atoms with van der Waals surface area (Å²) in [6, 6.07) is 21.7. The quantitative estimate of drug-likeness (QED) is 0.652. The summed E-state index contributed by atoms with van der Waals surface area (Å²) in [5, 5.41) is 6.06. The average molecular weight is 385 g/mol. The van der Waals surface area contributed by atoms with Crippen molar-refractivity contribution in [2.75, 3.05) is 17.2 Å². The molecule has 6 nitrogen and oxygen atoms in total. The number of nitrogens with one attached hydrogen (secondary N) is 2. The highest BCUT2D eigenvalue weighted by atomic mass is 16.2. The third-order valence-corrected chi connectivity index (χ3v) is 4.71. The van der Waals surface area contributed by atoms with Crippen LogP contribution in [0.5, 0.6) is 0 Å². The highest BCUT2D eigenvalue weighted by Gasteiger charge is 2.36. The van der Waals surface area contributed by atoms with Gasteiger partial charge in [0.2, 0.25) is 5.91 Å². The zero-order valence-electron chi connectivity index (χ0n) is 15.8. The number of fused-ring (bicyclic) bond motifs is 1. The van der Waals surface area contributed by atoms with Crippen LogP contribution in [0.15, 0.2) is 72.8 Å². The van der Waals surface area contributed by atoms with Crippen LogP contribution in [0.2, 0.25) is 0 Å². The second-order valence-electron chi connectivity index (χ2n) is 6.83. The largest absolute Gasteiger partial charge is 0.354 e. The number of nitrogens with zero attached hydrogens (tertiary/aromatic N) is 1. The highest BCUT2D eigenvalue weighted by molar-refractivity contribution is 6.22. The predicted octanol–water partition coefficient (Wildman–Crippen LogP) is 3.97. The highest BCUT2D eigenvalue weighted by Crippen LogP contribution is 2.26. The summed E-state index contributed by atoms with van der Waals surface area (Å²) in [7, 11) is 0. The van der Waals surface area contributed by atoms with Crippen molar-refractivity contribution < 1.29 is 14.4 Å². The van der Waals surface area contributed by atoms with Gasteiger partial charge in [0.1, 0.15) is 6.54 Å².